The Labute approximate surface area is 604 Å². The average Bonchev–Trinajstić information content (AvgIpc) is 1.44. The molecule has 9 amide bonds. The van der Waals surface area contributed by atoms with Crippen molar-refractivity contribution in [1.82, 2.24) is 45.3 Å². The summed E-state index contributed by atoms with van der Waals surface area (Å²) in [5.74, 6) is -13.2. The van der Waals surface area contributed by atoms with Crippen molar-refractivity contribution in [3.05, 3.63) is 194 Å². The van der Waals surface area contributed by atoms with E-state index in [1.807, 2.05) is 72.8 Å². The van der Waals surface area contributed by atoms with Gasteiger partial charge in [-0.1, -0.05) is 91.0 Å². The van der Waals surface area contributed by atoms with Gasteiger partial charge in [0.2, 0.25) is 35.4 Å². The topological polar surface area (TPSA) is 273 Å². The van der Waals surface area contributed by atoms with Gasteiger partial charge in [0, 0.05) is 184 Å². The molecule has 99 heavy (non-hydrogen) atoms. The molecule has 9 heterocycles. The highest BCUT2D eigenvalue weighted by Crippen LogP contribution is 2.36. The lowest BCUT2D eigenvalue weighted by molar-refractivity contribution is -0.138. The Morgan fingerprint density at radius 1 is 0.364 bits per heavy atom. The predicted octanol–water partition coefficient (Wildman–Crippen LogP) is 5.68. The number of piperidine rings is 3. The lowest BCUT2D eigenvalue weighted by atomic mass is 10.0. The average molecular weight is 1370 g/mol. The molecule has 9 aliphatic heterocycles. The molecule has 15 rings (SSSR count). The lowest BCUT2D eigenvalue weighted by Gasteiger charge is -2.29. The second kappa shape index (κ2) is 31.4. The molecule has 0 radical (unpaired) electrons. The number of carbonyl (C=O) groups is 9. The van der Waals surface area contributed by atoms with Crippen molar-refractivity contribution in [3.63, 3.8) is 0 Å². The molecule has 0 spiro atoms. The molecular weight excluding hydrogens is 1260 g/mol. The number of amides is 9. The van der Waals surface area contributed by atoms with Crippen molar-refractivity contribution < 1.29 is 86.1 Å². The summed E-state index contributed by atoms with van der Waals surface area (Å²) in [6, 6.07) is 26.1. The SMILES string of the molecule is [2H]C1([2H])c2c(NCc3ccc(CN4CCOCC4)cc3)cccc2C(=O)N1C1([2H])C(=O)NC(=O)C([2H])([2H])C1([2H])[2H].[2H]C1([2H])c2c(NCc3ccc(CN4CCOCC4)cc3)cccc2C(=O)N1[C@@]1([2H])C(=O)NC(=O)C([2H])([2H])C1([2H])[2H].[2H]C1([2H])c2c(NCc3ccc(CN4CCOCC4)cc3)cccc2C(=O)N1[C@]1([2H])C(=O)NC(=O)C([2H])([2H])C1([2H])[2H]. The van der Waals surface area contributed by atoms with E-state index < -0.39 is 129 Å². The first kappa shape index (κ1) is 46.6. The standard InChI is InChI=1S/3C25H28N4O4/c3*30-23-9-8-22(24(31)27-23)29-16-20-19(25(29)32)2-1-3-21(20)26-14-17-4-6-18(7-5-17)15-28-10-12-33-13-11-28/h3*1-7,22,26H,8-16H2,(H,27,30,31)/t2*22-;/m10./s1/i3*8D2,9D2,16D2,22D. The van der Waals surface area contributed by atoms with E-state index in [1.54, 1.807) is 16.0 Å². The normalized spacial score (nSPS) is 31.1. The molecule has 6 fully saturated rings. The van der Waals surface area contributed by atoms with Crippen LogP contribution in [0, 0.1) is 0 Å². The summed E-state index contributed by atoms with van der Waals surface area (Å²) in [5.41, 5.74) is 5.32. The third-order valence-corrected chi connectivity index (χ3v) is 17.1. The Morgan fingerprint density at radius 3 is 0.879 bits per heavy atom. The van der Waals surface area contributed by atoms with Gasteiger partial charge in [0.25, 0.3) is 17.7 Å². The number of hydrogen-bond donors (Lipinski definition) is 6. The Kier molecular flexibility index (Phi) is 14.8. The van der Waals surface area contributed by atoms with E-state index in [0.717, 1.165) is 92.3 Å². The van der Waals surface area contributed by atoms with Crippen LogP contribution in [0.25, 0.3) is 0 Å². The van der Waals surface area contributed by atoms with Crippen molar-refractivity contribution in [2.24, 2.45) is 0 Å². The second-order valence-corrected chi connectivity index (χ2v) is 23.8. The molecule has 516 valence electrons. The van der Waals surface area contributed by atoms with Gasteiger partial charge in [0.15, 0.2) is 0 Å². The van der Waals surface area contributed by atoms with Gasteiger partial charge < -0.3 is 44.9 Å². The molecule has 0 bridgehead atoms. The number of fused-ring (bicyclic) bond motifs is 3. The third kappa shape index (κ3) is 16.4. The molecule has 6 aromatic rings. The van der Waals surface area contributed by atoms with Crippen LogP contribution in [0.1, 0.15) is 148 Å². The number of nitrogens with zero attached hydrogens (tertiary/aromatic N) is 6. The minimum Gasteiger partial charge on any atom is -0.381 e. The summed E-state index contributed by atoms with van der Waals surface area (Å²) in [7, 11) is 0. The zero-order valence-corrected chi connectivity index (χ0v) is 53.4. The number of rotatable bonds is 18. The molecule has 6 aromatic carbocycles. The number of morpholine rings is 3. The number of imide groups is 3. The van der Waals surface area contributed by atoms with Crippen LogP contribution in [0.4, 0.5) is 17.1 Å². The Bertz CT molecular complexity index is 4590. The van der Waals surface area contributed by atoms with Crippen molar-refractivity contribution in [1.29, 1.82) is 0 Å². The van der Waals surface area contributed by atoms with E-state index in [1.165, 1.54) is 54.6 Å². The number of nitrogens with one attached hydrogen (secondary N) is 6. The number of carbonyl (C=O) groups excluding carboxylic acids is 9. The molecule has 24 nitrogen and oxygen atoms in total. The number of ether oxygens (including phenoxy) is 3. The molecular formula is C75H84N12O12. The fourth-order valence-corrected chi connectivity index (χ4v) is 11.8. The Balaban J connectivity index is 0.000000156. The van der Waals surface area contributed by atoms with Crippen LogP contribution >= 0.6 is 0 Å². The highest BCUT2D eigenvalue weighted by Gasteiger charge is 2.43. The van der Waals surface area contributed by atoms with E-state index in [4.69, 9.17) is 43.0 Å². The molecule has 3 atom stereocenters. The van der Waals surface area contributed by atoms with Gasteiger partial charge in [-0.3, -0.25) is 73.8 Å². The first-order valence-electron chi connectivity index (χ1n) is 42.6. The van der Waals surface area contributed by atoms with Gasteiger partial charge in [-0.05, 0) is 88.9 Å². The number of hydrogen-bond acceptors (Lipinski definition) is 18. The molecule has 6 saturated heterocycles. The zero-order valence-electron chi connectivity index (χ0n) is 74.4. The van der Waals surface area contributed by atoms with Crippen molar-refractivity contribution in [2.45, 2.75) is 115 Å². The van der Waals surface area contributed by atoms with Crippen LogP contribution < -0.4 is 31.9 Å². The van der Waals surface area contributed by atoms with E-state index in [0.29, 0.717) is 39.6 Å². The predicted molar refractivity (Wildman–Crippen MR) is 367 cm³/mol. The largest absolute Gasteiger partial charge is 0.381 e. The third-order valence-electron chi connectivity index (χ3n) is 17.1. The maximum Gasteiger partial charge on any atom is 0.255 e. The van der Waals surface area contributed by atoms with Crippen molar-refractivity contribution >= 4 is 70.2 Å². The molecule has 9 aliphatic rings. The molecule has 6 N–H and O–H groups in total. The molecule has 0 saturated carbocycles. The summed E-state index contributed by atoms with van der Waals surface area (Å²) in [6.45, 7) is 3.86. The Morgan fingerprint density at radius 2 is 0.616 bits per heavy atom. The van der Waals surface area contributed by atoms with Gasteiger partial charge in [0.1, 0.15) is 18.1 Å². The van der Waals surface area contributed by atoms with E-state index >= 15 is 0 Å². The quantitative estimate of drug-likeness (QED) is 0.0565. The van der Waals surface area contributed by atoms with Crippen LogP contribution in [-0.4, -0.2) is 180 Å². The summed E-state index contributed by atoms with van der Waals surface area (Å²) in [4.78, 5) is 122. The van der Waals surface area contributed by atoms with Crippen LogP contribution in [0.3, 0.4) is 0 Å². The van der Waals surface area contributed by atoms with Crippen LogP contribution in [-0.2, 0) is 102 Å². The highest BCUT2D eigenvalue weighted by molar-refractivity contribution is 6.08. The minimum absolute atomic E-state index is 0.0931. The maximum atomic E-state index is 13.4. The smallest absolute Gasteiger partial charge is 0.255 e. The first-order chi connectivity index (χ1) is 56.2. The summed E-state index contributed by atoms with van der Waals surface area (Å²) < 4.78 is 192. The van der Waals surface area contributed by atoms with Gasteiger partial charge >= 0.3 is 0 Å². The maximum absolute atomic E-state index is 13.4. The van der Waals surface area contributed by atoms with Crippen LogP contribution in [0.5, 0.6) is 0 Å². The monoisotopic (exact) mass is 1370 g/mol. The lowest BCUT2D eigenvalue weighted by Crippen LogP contribution is -2.52. The summed E-state index contributed by atoms with van der Waals surface area (Å²) in [6.07, 6.45) is -20.9. The summed E-state index contributed by atoms with van der Waals surface area (Å²) in [5, 5.41) is 14.1. The molecule has 0 aromatic heterocycles. The molecule has 0 aliphatic carbocycles. The molecule has 24 heteroatoms. The van der Waals surface area contributed by atoms with E-state index in [9.17, 15) is 43.2 Å². The molecule has 1 unspecified atom stereocenters. The Hall–Kier alpha value is -9.69. The minimum atomic E-state index is -3.58. The van der Waals surface area contributed by atoms with Crippen molar-refractivity contribution in [3.8, 4) is 0 Å². The fourth-order valence-electron chi connectivity index (χ4n) is 11.8. The van der Waals surface area contributed by atoms with Gasteiger partial charge in [-0.25, -0.2) is 0 Å². The van der Waals surface area contributed by atoms with Gasteiger partial charge in [0.05, 0.1) is 52.0 Å². The number of benzene rings is 6. The van der Waals surface area contributed by atoms with Gasteiger partial charge in [-0.2, -0.15) is 0 Å². The summed E-state index contributed by atoms with van der Waals surface area (Å²) >= 11 is 0. The van der Waals surface area contributed by atoms with Crippen LogP contribution in [0.2, 0.25) is 0 Å². The first-order valence-corrected chi connectivity index (χ1v) is 32.1. The van der Waals surface area contributed by atoms with Crippen LogP contribution in [0.15, 0.2) is 127 Å². The van der Waals surface area contributed by atoms with Gasteiger partial charge in [-0.15, -0.1) is 0 Å². The fraction of sp³-hybridized carbons (Fsp3) is 0.400. The van der Waals surface area contributed by atoms with E-state index in [2.05, 4.69) is 30.7 Å². The zero-order chi connectivity index (χ0) is 87.3. The second-order valence-electron chi connectivity index (χ2n) is 23.8. The highest BCUT2D eigenvalue weighted by atomic mass is 16.5. The van der Waals surface area contributed by atoms with Crippen molar-refractivity contribution in [2.75, 3.05) is 94.9 Å². The van der Waals surface area contributed by atoms with E-state index in [-0.39, 0.29) is 84.8 Å². The number of anilines is 3.